The Bertz CT molecular complexity index is 551. The van der Waals surface area contributed by atoms with E-state index in [-0.39, 0.29) is 11.4 Å². The summed E-state index contributed by atoms with van der Waals surface area (Å²) in [6, 6.07) is 1.35. The van der Waals surface area contributed by atoms with E-state index in [9.17, 15) is 4.79 Å². The van der Waals surface area contributed by atoms with Gasteiger partial charge in [-0.15, -0.1) is 0 Å². The molecule has 1 atom stereocenters. The Kier molecular flexibility index (Phi) is 3.37. The second kappa shape index (κ2) is 4.83. The maximum Gasteiger partial charge on any atom is 0.250 e. The van der Waals surface area contributed by atoms with Gasteiger partial charge in [-0.05, 0) is 27.7 Å². The fourth-order valence-corrected chi connectivity index (χ4v) is 1.70. The molecule has 0 saturated carbocycles. The number of amides is 1. The minimum atomic E-state index is -0.425. The molecular weight excluding hydrogens is 244 g/mol. The predicted molar refractivity (Wildman–Crippen MR) is 70.6 cm³/mol. The molecule has 7 nitrogen and oxygen atoms in total. The van der Waals surface area contributed by atoms with Crippen LogP contribution < -0.4 is 5.32 Å². The van der Waals surface area contributed by atoms with E-state index in [1.807, 2.05) is 20.8 Å². The van der Waals surface area contributed by atoms with Crippen molar-refractivity contribution in [3.8, 4) is 0 Å². The number of rotatable bonds is 3. The molecule has 0 aromatic carbocycles. The average molecular weight is 262 g/mol. The molecule has 0 bridgehead atoms. The van der Waals surface area contributed by atoms with Gasteiger partial charge in [0.25, 0.3) is 0 Å². The van der Waals surface area contributed by atoms with E-state index in [0.717, 1.165) is 0 Å². The monoisotopic (exact) mass is 262 g/mol. The Balaban J connectivity index is 2.14. The molecule has 0 fully saturated rings. The number of hydrogen-bond acceptors (Lipinski definition) is 4. The SMILES string of the molecule is CC(C(=O)Nc1ccnn1C(C)(C)C)n1cncn1. The van der Waals surface area contributed by atoms with Gasteiger partial charge in [0, 0.05) is 6.07 Å². The second-order valence-corrected chi connectivity index (χ2v) is 5.34. The number of nitrogens with zero attached hydrogens (tertiary/aromatic N) is 5. The number of carbonyl (C=O) groups excluding carboxylic acids is 1. The largest absolute Gasteiger partial charge is 0.309 e. The molecule has 7 heteroatoms. The normalized spacial score (nSPS) is 13.3. The molecule has 19 heavy (non-hydrogen) atoms. The van der Waals surface area contributed by atoms with E-state index in [2.05, 4.69) is 20.5 Å². The lowest BCUT2D eigenvalue weighted by atomic mass is 10.1. The highest BCUT2D eigenvalue weighted by atomic mass is 16.2. The van der Waals surface area contributed by atoms with Gasteiger partial charge in [-0.1, -0.05) is 0 Å². The van der Waals surface area contributed by atoms with Crippen molar-refractivity contribution in [1.82, 2.24) is 24.5 Å². The predicted octanol–water partition coefficient (Wildman–Crippen LogP) is 1.43. The molecule has 2 heterocycles. The molecule has 1 unspecified atom stereocenters. The van der Waals surface area contributed by atoms with Crippen molar-refractivity contribution in [3.63, 3.8) is 0 Å². The lowest BCUT2D eigenvalue weighted by molar-refractivity contribution is -0.119. The summed E-state index contributed by atoms with van der Waals surface area (Å²) in [6.07, 6.45) is 4.59. The highest BCUT2D eigenvalue weighted by Crippen LogP contribution is 2.20. The van der Waals surface area contributed by atoms with Gasteiger partial charge in [-0.3, -0.25) is 4.79 Å². The molecule has 102 valence electrons. The number of aromatic nitrogens is 5. The fourth-order valence-electron chi connectivity index (χ4n) is 1.70. The first-order valence-corrected chi connectivity index (χ1v) is 6.09. The van der Waals surface area contributed by atoms with Gasteiger partial charge in [-0.2, -0.15) is 10.2 Å². The lowest BCUT2D eigenvalue weighted by Crippen LogP contribution is -2.29. The van der Waals surface area contributed by atoms with Crippen LogP contribution in [-0.4, -0.2) is 30.5 Å². The minimum absolute atomic E-state index is 0.156. The molecule has 1 amide bonds. The summed E-state index contributed by atoms with van der Waals surface area (Å²) in [5, 5.41) is 11.0. The first-order valence-electron chi connectivity index (χ1n) is 6.09. The molecule has 0 spiro atoms. The van der Waals surface area contributed by atoms with Crippen LogP contribution in [0.25, 0.3) is 0 Å². The summed E-state index contributed by atoms with van der Waals surface area (Å²) in [5.41, 5.74) is -0.192. The quantitative estimate of drug-likeness (QED) is 0.907. The highest BCUT2D eigenvalue weighted by Gasteiger charge is 2.21. The minimum Gasteiger partial charge on any atom is -0.309 e. The Hall–Kier alpha value is -2.18. The molecule has 2 rings (SSSR count). The van der Waals surface area contributed by atoms with Crippen LogP contribution in [0.1, 0.15) is 33.7 Å². The maximum atomic E-state index is 12.1. The summed E-state index contributed by atoms with van der Waals surface area (Å²) in [7, 11) is 0. The summed E-state index contributed by atoms with van der Waals surface area (Å²) < 4.78 is 3.28. The first-order chi connectivity index (χ1) is 8.89. The van der Waals surface area contributed by atoms with Gasteiger partial charge >= 0.3 is 0 Å². The van der Waals surface area contributed by atoms with Gasteiger partial charge < -0.3 is 5.32 Å². The fraction of sp³-hybridized carbons (Fsp3) is 0.500. The molecule has 0 aliphatic rings. The third-order valence-electron chi connectivity index (χ3n) is 2.74. The topological polar surface area (TPSA) is 77.6 Å². The van der Waals surface area contributed by atoms with Crippen molar-refractivity contribution in [3.05, 3.63) is 24.9 Å². The molecule has 1 N–H and O–H groups in total. The molecule has 0 saturated heterocycles. The molecule has 2 aromatic rings. The van der Waals surface area contributed by atoms with Gasteiger partial charge in [0.15, 0.2) is 0 Å². The molecule has 0 radical (unpaired) electrons. The van der Waals surface area contributed by atoms with Crippen LogP contribution in [0.15, 0.2) is 24.9 Å². The zero-order chi connectivity index (χ0) is 14.0. The van der Waals surface area contributed by atoms with Crippen molar-refractivity contribution in [2.24, 2.45) is 0 Å². The van der Waals surface area contributed by atoms with Crippen LogP contribution in [0.2, 0.25) is 0 Å². The van der Waals surface area contributed by atoms with E-state index in [0.29, 0.717) is 5.82 Å². The zero-order valence-corrected chi connectivity index (χ0v) is 11.5. The number of nitrogens with one attached hydrogen (secondary N) is 1. The van der Waals surface area contributed by atoms with Gasteiger partial charge in [0.1, 0.15) is 24.5 Å². The Morgan fingerprint density at radius 1 is 1.37 bits per heavy atom. The molecule has 0 aliphatic heterocycles. The van der Waals surface area contributed by atoms with E-state index in [4.69, 9.17) is 0 Å². The maximum absolute atomic E-state index is 12.1. The van der Waals surface area contributed by atoms with Gasteiger partial charge in [-0.25, -0.2) is 14.3 Å². The Morgan fingerprint density at radius 3 is 2.68 bits per heavy atom. The van der Waals surface area contributed by atoms with Crippen molar-refractivity contribution in [1.29, 1.82) is 0 Å². The number of carbonyl (C=O) groups is 1. The van der Waals surface area contributed by atoms with Crippen molar-refractivity contribution in [2.75, 3.05) is 5.32 Å². The summed E-state index contributed by atoms with van der Waals surface area (Å²) >= 11 is 0. The van der Waals surface area contributed by atoms with Gasteiger partial charge in [0.2, 0.25) is 5.91 Å². The third kappa shape index (κ3) is 2.81. The molecular formula is C12H18N6O. The zero-order valence-electron chi connectivity index (χ0n) is 11.5. The van der Waals surface area contributed by atoms with Crippen molar-refractivity contribution >= 4 is 11.7 Å². The Labute approximate surface area is 111 Å². The van der Waals surface area contributed by atoms with Crippen LogP contribution >= 0.6 is 0 Å². The Morgan fingerprint density at radius 2 is 2.11 bits per heavy atom. The number of anilines is 1. The summed E-state index contributed by atoms with van der Waals surface area (Å²) in [5.74, 6) is 0.515. The molecule has 0 aliphatic carbocycles. The van der Waals surface area contributed by atoms with E-state index >= 15 is 0 Å². The summed E-state index contributed by atoms with van der Waals surface area (Å²) in [6.45, 7) is 7.84. The van der Waals surface area contributed by atoms with Crippen LogP contribution in [-0.2, 0) is 10.3 Å². The van der Waals surface area contributed by atoms with Crippen LogP contribution in [0.3, 0.4) is 0 Å². The van der Waals surface area contributed by atoms with Crippen molar-refractivity contribution < 1.29 is 4.79 Å². The standard InChI is InChI=1S/C12H18N6O/c1-9(17-8-13-7-15-17)11(19)16-10-5-6-14-18(10)12(2,3)4/h5-9H,1-4H3,(H,16,19). The lowest BCUT2D eigenvalue weighted by Gasteiger charge is -2.23. The second-order valence-electron chi connectivity index (χ2n) is 5.34. The van der Waals surface area contributed by atoms with E-state index < -0.39 is 6.04 Å². The average Bonchev–Trinajstić information content (AvgIpc) is 2.97. The number of hydrogen-bond donors (Lipinski definition) is 1. The first kappa shape index (κ1) is 13.3. The van der Waals surface area contributed by atoms with Crippen LogP contribution in [0.5, 0.6) is 0 Å². The van der Waals surface area contributed by atoms with E-state index in [1.54, 1.807) is 23.9 Å². The smallest absolute Gasteiger partial charge is 0.250 e. The molecule has 2 aromatic heterocycles. The highest BCUT2D eigenvalue weighted by molar-refractivity contribution is 5.92. The van der Waals surface area contributed by atoms with Crippen molar-refractivity contribution in [2.45, 2.75) is 39.3 Å². The van der Waals surface area contributed by atoms with Crippen LogP contribution in [0.4, 0.5) is 5.82 Å². The van der Waals surface area contributed by atoms with Gasteiger partial charge in [0.05, 0.1) is 11.7 Å². The summed E-state index contributed by atoms with van der Waals surface area (Å²) in [4.78, 5) is 16.0. The van der Waals surface area contributed by atoms with E-state index in [1.165, 1.54) is 17.3 Å². The third-order valence-corrected chi connectivity index (χ3v) is 2.74. The van der Waals surface area contributed by atoms with Crippen LogP contribution in [0, 0.1) is 0 Å².